The second-order valence-corrected chi connectivity index (χ2v) is 5.93. The highest BCUT2D eigenvalue weighted by molar-refractivity contribution is 6.30. The number of rotatable bonds is 5. The van der Waals surface area contributed by atoms with Gasteiger partial charge in [-0.15, -0.1) is 0 Å². The topological polar surface area (TPSA) is 74.0 Å². The minimum absolute atomic E-state index is 0.0536. The van der Waals surface area contributed by atoms with Crippen molar-refractivity contribution in [2.24, 2.45) is 7.05 Å². The molecule has 3 rings (SSSR count). The molecule has 0 aliphatic carbocycles. The molecule has 142 valence electrons. The highest BCUT2D eigenvalue weighted by Gasteiger charge is 2.35. The summed E-state index contributed by atoms with van der Waals surface area (Å²) in [5.74, 6) is -0.242. The van der Waals surface area contributed by atoms with E-state index in [0.717, 1.165) is 7.05 Å². The second kappa shape index (κ2) is 7.31. The fraction of sp³-hybridized carbons (Fsp3) is 0.188. The number of benzene rings is 1. The lowest BCUT2D eigenvalue weighted by Crippen LogP contribution is -2.13. The van der Waals surface area contributed by atoms with Gasteiger partial charge >= 0.3 is 6.18 Å². The van der Waals surface area contributed by atoms with Crippen LogP contribution in [-0.2, 0) is 20.0 Å². The quantitative estimate of drug-likeness (QED) is 0.711. The minimum atomic E-state index is -4.59. The molecule has 1 N–H and O–H groups in total. The smallest absolute Gasteiger partial charge is 0.433 e. The second-order valence-electron chi connectivity index (χ2n) is 5.49. The monoisotopic (exact) mass is 399 g/mol. The zero-order valence-electron chi connectivity index (χ0n) is 13.9. The molecule has 0 fully saturated rings. The summed E-state index contributed by atoms with van der Waals surface area (Å²) in [7, 11) is 1.12. The first-order valence-corrected chi connectivity index (χ1v) is 7.93. The normalized spacial score (nSPS) is 11.4. The SMILES string of the molecule is Cn1nc(C(=O)Nc2cnn(COc3cccc(Cl)c3)c2)cc1C(F)(F)F. The molecule has 7 nitrogen and oxygen atoms in total. The van der Waals surface area contributed by atoms with Crippen LogP contribution in [0.15, 0.2) is 42.7 Å². The molecule has 0 bridgehead atoms. The van der Waals surface area contributed by atoms with E-state index < -0.39 is 17.8 Å². The Kier molecular flexibility index (Phi) is 5.08. The Hall–Kier alpha value is -3.01. The number of alkyl halides is 3. The summed E-state index contributed by atoms with van der Waals surface area (Å²) in [6.07, 6.45) is -1.79. The highest BCUT2D eigenvalue weighted by Crippen LogP contribution is 2.29. The van der Waals surface area contributed by atoms with Crippen molar-refractivity contribution >= 4 is 23.2 Å². The van der Waals surface area contributed by atoms with E-state index in [2.05, 4.69) is 15.5 Å². The van der Waals surface area contributed by atoms with Gasteiger partial charge in [0.15, 0.2) is 12.4 Å². The zero-order chi connectivity index (χ0) is 19.6. The van der Waals surface area contributed by atoms with Crippen molar-refractivity contribution in [1.82, 2.24) is 19.6 Å². The van der Waals surface area contributed by atoms with Crippen LogP contribution in [0.5, 0.6) is 5.75 Å². The van der Waals surface area contributed by atoms with Crippen molar-refractivity contribution in [1.29, 1.82) is 0 Å². The predicted molar refractivity (Wildman–Crippen MR) is 90.5 cm³/mol. The Balaban J connectivity index is 1.63. The van der Waals surface area contributed by atoms with Crippen LogP contribution in [0.2, 0.25) is 5.02 Å². The molecule has 11 heteroatoms. The van der Waals surface area contributed by atoms with Crippen LogP contribution < -0.4 is 10.1 Å². The fourth-order valence-electron chi connectivity index (χ4n) is 2.23. The van der Waals surface area contributed by atoms with Crippen molar-refractivity contribution in [3.8, 4) is 5.75 Å². The maximum atomic E-state index is 12.8. The van der Waals surface area contributed by atoms with E-state index >= 15 is 0 Å². The number of anilines is 1. The molecule has 0 saturated carbocycles. The van der Waals surface area contributed by atoms with E-state index in [0.29, 0.717) is 21.5 Å². The molecule has 0 atom stereocenters. The predicted octanol–water partition coefficient (Wildman–Crippen LogP) is 3.58. The number of aromatic nitrogens is 4. The molecular weight excluding hydrogens is 387 g/mol. The van der Waals surface area contributed by atoms with Gasteiger partial charge < -0.3 is 10.1 Å². The van der Waals surface area contributed by atoms with Gasteiger partial charge in [-0.05, 0) is 18.2 Å². The fourth-order valence-corrected chi connectivity index (χ4v) is 2.42. The molecule has 2 aromatic heterocycles. The lowest BCUT2D eigenvalue weighted by Gasteiger charge is -2.06. The van der Waals surface area contributed by atoms with E-state index in [1.807, 2.05) is 0 Å². The number of hydrogen-bond donors (Lipinski definition) is 1. The average molecular weight is 400 g/mol. The number of hydrogen-bond acceptors (Lipinski definition) is 4. The van der Waals surface area contributed by atoms with Gasteiger partial charge in [0.25, 0.3) is 5.91 Å². The molecule has 0 spiro atoms. The number of amides is 1. The third-order valence-corrected chi connectivity index (χ3v) is 3.69. The number of nitrogens with one attached hydrogen (secondary N) is 1. The van der Waals surface area contributed by atoms with Crippen LogP contribution >= 0.6 is 11.6 Å². The van der Waals surface area contributed by atoms with E-state index in [1.54, 1.807) is 24.3 Å². The van der Waals surface area contributed by atoms with Gasteiger partial charge in [0, 0.05) is 18.1 Å². The number of nitrogens with zero attached hydrogens (tertiary/aromatic N) is 4. The summed E-state index contributed by atoms with van der Waals surface area (Å²) in [5, 5.41) is 10.5. The summed E-state index contributed by atoms with van der Waals surface area (Å²) in [5.41, 5.74) is -1.08. The van der Waals surface area contributed by atoms with Crippen molar-refractivity contribution in [2.75, 3.05) is 5.32 Å². The van der Waals surface area contributed by atoms with E-state index in [9.17, 15) is 18.0 Å². The number of halogens is 4. The summed E-state index contributed by atoms with van der Waals surface area (Å²) >= 11 is 5.86. The Labute approximate surface area is 156 Å². The number of carbonyl (C=O) groups is 1. The number of ether oxygens (including phenoxy) is 1. The van der Waals surface area contributed by atoms with Gasteiger partial charge in [-0.1, -0.05) is 17.7 Å². The van der Waals surface area contributed by atoms with Gasteiger partial charge in [-0.25, -0.2) is 4.68 Å². The molecule has 27 heavy (non-hydrogen) atoms. The first-order valence-electron chi connectivity index (χ1n) is 7.56. The Morgan fingerprint density at radius 3 is 2.78 bits per heavy atom. The van der Waals surface area contributed by atoms with Gasteiger partial charge in [0.05, 0.1) is 18.1 Å². The average Bonchev–Trinajstić information content (AvgIpc) is 3.19. The molecule has 3 aromatic rings. The van der Waals surface area contributed by atoms with Gasteiger partial charge in [-0.3, -0.25) is 9.48 Å². The van der Waals surface area contributed by atoms with Crippen LogP contribution in [0.4, 0.5) is 18.9 Å². The molecule has 0 aliphatic heterocycles. The molecule has 0 unspecified atom stereocenters. The van der Waals surface area contributed by atoms with Gasteiger partial charge in [0.1, 0.15) is 11.4 Å². The highest BCUT2D eigenvalue weighted by atomic mass is 35.5. The molecule has 0 aliphatic rings. The van der Waals surface area contributed by atoms with Gasteiger partial charge in [0.2, 0.25) is 0 Å². The first kappa shape index (κ1) is 18.8. The van der Waals surface area contributed by atoms with Crippen LogP contribution in [-0.4, -0.2) is 25.5 Å². The molecule has 2 heterocycles. The van der Waals surface area contributed by atoms with E-state index in [-0.39, 0.29) is 18.1 Å². The molecule has 1 amide bonds. The summed E-state index contributed by atoms with van der Waals surface area (Å²) in [6.45, 7) is 0.0536. The molecule has 1 aromatic carbocycles. The Morgan fingerprint density at radius 2 is 2.11 bits per heavy atom. The standard InChI is InChI=1S/C16H13ClF3N5O2/c1-24-14(16(18,19)20)6-13(23-24)15(26)22-11-7-21-25(8-11)9-27-12-4-2-3-10(17)5-12/h2-8H,9H2,1H3,(H,22,26). The van der Waals surface area contributed by atoms with Crippen molar-refractivity contribution in [2.45, 2.75) is 12.9 Å². The number of carbonyl (C=O) groups excluding carboxylic acids is 1. The largest absolute Gasteiger partial charge is 0.471 e. The van der Waals surface area contributed by atoms with Crippen LogP contribution in [0.3, 0.4) is 0 Å². The third-order valence-electron chi connectivity index (χ3n) is 3.45. The lowest BCUT2D eigenvalue weighted by molar-refractivity contribution is -0.143. The van der Waals surface area contributed by atoms with Crippen molar-refractivity contribution < 1.29 is 22.7 Å². The maximum Gasteiger partial charge on any atom is 0.433 e. The zero-order valence-corrected chi connectivity index (χ0v) is 14.6. The summed E-state index contributed by atoms with van der Waals surface area (Å²) in [6, 6.07) is 7.47. The maximum absolute atomic E-state index is 12.8. The van der Waals surface area contributed by atoms with Gasteiger partial charge in [-0.2, -0.15) is 23.4 Å². The lowest BCUT2D eigenvalue weighted by atomic mass is 10.3. The third kappa shape index (κ3) is 4.59. The Bertz CT molecular complexity index is 967. The summed E-state index contributed by atoms with van der Waals surface area (Å²) in [4.78, 5) is 12.1. The molecule has 0 saturated heterocycles. The van der Waals surface area contributed by atoms with E-state index in [4.69, 9.17) is 16.3 Å². The number of aryl methyl sites for hydroxylation is 1. The molecular formula is C16H13ClF3N5O2. The van der Waals surface area contributed by atoms with Crippen LogP contribution in [0.25, 0.3) is 0 Å². The van der Waals surface area contributed by atoms with Crippen LogP contribution in [0, 0.1) is 0 Å². The Morgan fingerprint density at radius 1 is 1.33 bits per heavy atom. The minimum Gasteiger partial charge on any atom is -0.471 e. The van der Waals surface area contributed by atoms with E-state index in [1.165, 1.54) is 17.1 Å². The van der Waals surface area contributed by atoms with Crippen molar-refractivity contribution in [3.63, 3.8) is 0 Å². The molecule has 0 radical (unpaired) electrons. The van der Waals surface area contributed by atoms with Crippen LogP contribution in [0.1, 0.15) is 16.2 Å². The first-order chi connectivity index (χ1) is 12.7. The summed E-state index contributed by atoms with van der Waals surface area (Å²) < 4.78 is 45.8. The van der Waals surface area contributed by atoms with Crippen molar-refractivity contribution in [3.05, 3.63) is 59.1 Å².